The van der Waals surface area contributed by atoms with Crippen LogP contribution in [0.15, 0.2) is 12.3 Å². The van der Waals surface area contributed by atoms with E-state index in [4.69, 9.17) is 16.6 Å². The molecule has 2 fully saturated rings. The molecule has 3 nitrogen and oxygen atoms in total. The molecule has 3 unspecified atom stereocenters. The van der Waals surface area contributed by atoms with E-state index in [1.54, 1.807) is 0 Å². The molecular weight excluding hydrogens is 258 g/mol. The Kier molecular flexibility index (Phi) is 2.59. The van der Waals surface area contributed by atoms with Crippen LogP contribution in [0.1, 0.15) is 43.1 Å². The topological polar surface area (TPSA) is 30.7 Å². The Morgan fingerprint density at radius 1 is 1.37 bits per heavy atom. The number of rotatable bonds is 2. The fourth-order valence-corrected chi connectivity index (χ4v) is 4.31. The molecule has 2 aromatic heterocycles. The van der Waals surface area contributed by atoms with Crippen LogP contribution in [-0.2, 0) is 5.88 Å². The molecule has 2 heterocycles. The van der Waals surface area contributed by atoms with Crippen LogP contribution in [0.3, 0.4) is 0 Å². The minimum Gasteiger partial charge on any atom is -0.308 e. The average Bonchev–Trinajstić information content (AvgIpc) is 3.11. The second-order valence-corrected chi connectivity index (χ2v) is 6.34. The van der Waals surface area contributed by atoms with Gasteiger partial charge in [0.2, 0.25) is 0 Å². The van der Waals surface area contributed by atoms with Gasteiger partial charge in [0.25, 0.3) is 0 Å². The summed E-state index contributed by atoms with van der Waals surface area (Å²) in [7, 11) is 0. The quantitative estimate of drug-likeness (QED) is 0.780. The molecule has 0 N–H and O–H groups in total. The van der Waals surface area contributed by atoms with Gasteiger partial charge in [-0.25, -0.2) is 9.97 Å². The molecule has 0 aliphatic heterocycles. The molecule has 2 aliphatic rings. The molecule has 3 atom stereocenters. The number of halogens is 1. The lowest BCUT2D eigenvalue weighted by molar-refractivity contribution is 0.330. The van der Waals surface area contributed by atoms with Crippen molar-refractivity contribution in [3.63, 3.8) is 0 Å². The molecule has 2 aromatic rings. The van der Waals surface area contributed by atoms with Gasteiger partial charge in [-0.2, -0.15) is 0 Å². The summed E-state index contributed by atoms with van der Waals surface area (Å²) in [5, 5.41) is 0. The van der Waals surface area contributed by atoms with Crippen LogP contribution in [0.25, 0.3) is 11.2 Å². The van der Waals surface area contributed by atoms with Crippen molar-refractivity contribution in [3.8, 4) is 0 Å². The van der Waals surface area contributed by atoms with Crippen molar-refractivity contribution < 1.29 is 0 Å². The van der Waals surface area contributed by atoms with Crippen LogP contribution in [-0.4, -0.2) is 14.5 Å². The molecule has 2 aliphatic carbocycles. The van der Waals surface area contributed by atoms with Crippen molar-refractivity contribution in [2.45, 2.75) is 44.5 Å². The minimum atomic E-state index is 0.476. The Balaban J connectivity index is 1.90. The zero-order valence-corrected chi connectivity index (χ0v) is 11.9. The van der Waals surface area contributed by atoms with E-state index >= 15 is 0 Å². The number of aromatic nitrogens is 3. The number of aryl methyl sites for hydroxylation is 1. The summed E-state index contributed by atoms with van der Waals surface area (Å²) in [6.07, 6.45) is 7.34. The van der Waals surface area contributed by atoms with E-state index in [9.17, 15) is 0 Å². The third-order valence-corrected chi connectivity index (χ3v) is 5.24. The highest BCUT2D eigenvalue weighted by molar-refractivity contribution is 6.16. The molecule has 2 saturated carbocycles. The molecule has 0 aromatic carbocycles. The number of imidazole rings is 1. The van der Waals surface area contributed by atoms with Gasteiger partial charge in [-0.15, -0.1) is 11.6 Å². The first kappa shape index (κ1) is 11.7. The monoisotopic (exact) mass is 275 g/mol. The van der Waals surface area contributed by atoms with E-state index < -0.39 is 0 Å². The first-order chi connectivity index (χ1) is 9.28. The Bertz CT molecular complexity index is 634. The second-order valence-electron chi connectivity index (χ2n) is 6.07. The third kappa shape index (κ3) is 1.64. The molecule has 100 valence electrons. The van der Waals surface area contributed by atoms with E-state index in [-0.39, 0.29) is 0 Å². The summed E-state index contributed by atoms with van der Waals surface area (Å²) in [5.74, 6) is 3.20. The molecule has 4 heteroatoms. The number of pyridine rings is 1. The number of hydrogen-bond donors (Lipinski definition) is 0. The molecular formula is C15H18ClN3. The highest BCUT2D eigenvalue weighted by atomic mass is 35.5. The SMILES string of the molecule is Cc1ccnc2c1nc(CCl)n2C1CC2CCC1C2. The van der Waals surface area contributed by atoms with Gasteiger partial charge in [0.15, 0.2) is 5.65 Å². The summed E-state index contributed by atoms with van der Waals surface area (Å²) in [4.78, 5) is 9.31. The van der Waals surface area contributed by atoms with Crippen LogP contribution in [0, 0.1) is 18.8 Å². The Morgan fingerprint density at radius 3 is 2.95 bits per heavy atom. The van der Waals surface area contributed by atoms with Crippen molar-refractivity contribution >= 4 is 22.8 Å². The van der Waals surface area contributed by atoms with Crippen molar-refractivity contribution in [1.82, 2.24) is 14.5 Å². The molecule has 0 radical (unpaired) electrons. The van der Waals surface area contributed by atoms with Crippen molar-refractivity contribution in [3.05, 3.63) is 23.7 Å². The van der Waals surface area contributed by atoms with Crippen molar-refractivity contribution in [1.29, 1.82) is 0 Å². The highest BCUT2D eigenvalue weighted by Crippen LogP contribution is 2.51. The Labute approximate surface area is 118 Å². The average molecular weight is 276 g/mol. The van der Waals surface area contributed by atoms with Gasteiger partial charge in [-0.05, 0) is 49.7 Å². The molecule has 0 spiro atoms. The second kappa shape index (κ2) is 4.20. The lowest BCUT2D eigenvalue weighted by Crippen LogP contribution is -2.18. The van der Waals surface area contributed by atoms with E-state index in [0.717, 1.165) is 28.8 Å². The Hall–Kier alpha value is -1.09. The van der Waals surface area contributed by atoms with Crippen molar-refractivity contribution in [2.75, 3.05) is 0 Å². The highest BCUT2D eigenvalue weighted by Gasteiger charge is 2.41. The lowest BCUT2D eigenvalue weighted by Gasteiger charge is -2.24. The summed E-state index contributed by atoms with van der Waals surface area (Å²) in [5.41, 5.74) is 3.26. The van der Waals surface area contributed by atoms with Crippen LogP contribution >= 0.6 is 11.6 Å². The summed E-state index contributed by atoms with van der Waals surface area (Å²) >= 11 is 6.13. The van der Waals surface area contributed by atoms with Crippen LogP contribution in [0.2, 0.25) is 0 Å². The number of hydrogen-bond acceptors (Lipinski definition) is 2. The predicted octanol–water partition coefficient (Wildman–Crippen LogP) is 3.84. The maximum absolute atomic E-state index is 6.13. The predicted molar refractivity (Wildman–Crippen MR) is 76.3 cm³/mol. The fourth-order valence-electron chi connectivity index (χ4n) is 4.13. The van der Waals surface area contributed by atoms with Gasteiger partial charge in [0.05, 0.1) is 5.88 Å². The van der Waals surface area contributed by atoms with E-state index in [1.165, 1.54) is 31.2 Å². The zero-order chi connectivity index (χ0) is 13.0. The van der Waals surface area contributed by atoms with Gasteiger partial charge in [0, 0.05) is 12.2 Å². The maximum atomic E-state index is 6.13. The largest absolute Gasteiger partial charge is 0.308 e. The smallest absolute Gasteiger partial charge is 0.160 e. The van der Waals surface area contributed by atoms with E-state index in [0.29, 0.717) is 11.9 Å². The lowest BCUT2D eigenvalue weighted by atomic mass is 9.95. The Morgan fingerprint density at radius 2 is 2.26 bits per heavy atom. The van der Waals surface area contributed by atoms with E-state index in [2.05, 4.69) is 16.5 Å². The standard InChI is InChI=1S/C15H18ClN3/c1-9-4-5-17-15-14(9)18-13(8-16)19(15)12-7-10-2-3-11(12)6-10/h4-5,10-12H,2-3,6-8H2,1H3. The normalized spacial score (nSPS) is 29.5. The first-order valence-corrected chi connectivity index (χ1v) is 7.69. The summed E-state index contributed by atoms with van der Waals surface area (Å²) in [6.45, 7) is 2.10. The van der Waals surface area contributed by atoms with Crippen LogP contribution in [0.4, 0.5) is 0 Å². The molecule has 0 saturated heterocycles. The molecule has 2 bridgehead atoms. The number of alkyl halides is 1. The summed E-state index contributed by atoms with van der Waals surface area (Å²) in [6, 6.07) is 2.60. The van der Waals surface area contributed by atoms with Crippen LogP contribution < -0.4 is 0 Å². The summed E-state index contributed by atoms with van der Waals surface area (Å²) < 4.78 is 2.35. The molecule has 19 heavy (non-hydrogen) atoms. The molecule has 4 rings (SSSR count). The first-order valence-electron chi connectivity index (χ1n) is 7.16. The van der Waals surface area contributed by atoms with Gasteiger partial charge < -0.3 is 4.57 Å². The molecule has 0 amide bonds. The third-order valence-electron chi connectivity index (χ3n) is 5.01. The van der Waals surface area contributed by atoms with Gasteiger partial charge in [0.1, 0.15) is 11.3 Å². The van der Waals surface area contributed by atoms with E-state index in [1.807, 2.05) is 12.3 Å². The minimum absolute atomic E-state index is 0.476. The van der Waals surface area contributed by atoms with Gasteiger partial charge in [-0.1, -0.05) is 6.42 Å². The van der Waals surface area contributed by atoms with Crippen molar-refractivity contribution in [2.24, 2.45) is 11.8 Å². The van der Waals surface area contributed by atoms with Crippen LogP contribution in [0.5, 0.6) is 0 Å². The fraction of sp³-hybridized carbons (Fsp3) is 0.600. The number of nitrogens with zero attached hydrogens (tertiary/aromatic N) is 3. The van der Waals surface area contributed by atoms with Gasteiger partial charge >= 0.3 is 0 Å². The van der Waals surface area contributed by atoms with Gasteiger partial charge in [-0.3, -0.25) is 0 Å². The maximum Gasteiger partial charge on any atom is 0.160 e. The number of fused-ring (bicyclic) bond motifs is 3. The zero-order valence-electron chi connectivity index (χ0n) is 11.1.